The van der Waals surface area contributed by atoms with Gasteiger partial charge in [0.05, 0.1) is 17.8 Å². The number of piperidine rings is 1. The summed E-state index contributed by atoms with van der Waals surface area (Å²) in [7, 11) is 0. The number of anilines is 1. The molecule has 0 bridgehead atoms. The summed E-state index contributed by atoms with van der Waals surface area (Å²) in [4.78, 5) is 7.14. The molecule has 0 saturated carbocycles. The Balaban J connectivity index is 2.04. The molecule has 2 N–H and O–H groups in total. The van der Waals surface area contributed by atoms with Crippen molar-refractivity contribution < 1.29 is 0 Å². The van der Waals surface area contributed by atoms with Crippen molar-refractivity contribution in [2.24, 2.45) is 0 Å². The molecule has 3 rings (SSSR count). The second-order valence-corrected chi connectivity index (χ2v) is 5.01. The molecule has 0 amide bonds. The number of aromatic nitrogens is 2. The zero-order valence-corrected chi connectivity index (χ0v) is 10.8. The highest BCUT2D eigenvalue weighted by Crippen LogP contribution is 2.30. The van der Waals surface area contributed by atoms with E-state index >= 15 is 0 Å². The maximum atomic E-state index is 5.89. The number of nitrogens with two attached hydrogens (primary N) is 1. The molecule has 1 aliphatic heterocycles. The minimum absolute atomic E-state index is 0.438. The SMILES string of the molecule is CCN1CCCCC1c1ncc2ccc(N)cn12. The van der Waals surface area contributed by atoms with Crippen LogP contribution in [0, 0.1) is 0 Å². The lowest BCUT2D eigenvalue weighted by atomic mass is 10.0. The number of nitrogen functional groups attached to an aromatic ring is 1. The normalized spacial score (nSPS) is 21.5. The fourth-order valence-electron chi connectivity index (χ4n) is 2.94. The predicted molar refractivity (Wildman–Crippen MR) is 73.4 cm³/mol. The van der Waals surface area contributed by atoms with Crippen molar-refractivity contribution >= 4 is 11.2 Å². The molecule has 2 aromatic rings. The van der Waals surface area contributed by atoms with Crippen molar-refractivity contribution in [3.8, 4) is 0 Å². The van der Waals surface area contributed by atoms with Crippen LogP contribution in [0.25, 0.3) is 5.52 Å². The Kier molecular flexibility index (Phi) is 2.96. The Hall–Kier alpha value is -1.55. The van der Waals surface area contributed by atoms with Crippen LogP contribution in [0.4, 0.5) is 5.69 Å². The second-order valence-electron chi connectivity index (χ2n) is 5.01. The van der Waals surface area contributed by atoms with Gasteiger partial charge in [-0.25, -0.2) is 4.98 Å². The molecule has 1 fully saturated rings. The smallest absolute Gasteiger partial charge is 0.130 e. The number of imidazole rings is 1. The highest BCUT2D eigenvalue weighted by molar-refractivity contribution is 5.52. The molecular formula is C14H20N4. The predicted octanol–water partition coefficient (Wildman–Crippen LogP) is 2.46. The third-order valence-electron chi connectivity index (χ3n) is 3.90. The van der Waals surface area contributed by atoms with Gasteiger partial charge in [-0.15, -0.1) is 0 Å². The van der Waals surface area contributed by atoms with Crippen LogP contribution in [0.3, 0.4) is 0 Å². The summed E-state index contributed by atoms with van der Waals surface area (Å²) in [6.45, 7) is 4.49. The average Bonchev–Trinajstić information content (AvgIpc) is 2.81. The molecule has 96 valence electrons. The van der Waals surface area contributed by atoms with Crippen LogP contribution in [0.1, 0.15) is 38.1 Å². The minimum Gasteiger partial charge on any atom is -0.398 e. The molecule has 4 heteroatoms. The molecule has 1 unspecified atom stereocenters. The van der Waals surface area contributed by atoms with Crippen LogP contribution >= 0.6 is 0 Å². The van der Waals surface area contributed by atoms with Gasteiger partial charge < -0.3 is 10.1 Å². The van der Waals surface area contributed by atoms with Crippen molar-refractivity contribution in [2.45, 2.75) is 32.2 Å². The number of hydrogen-bond donors (Lipinski definition) is 1. The van der Waals surface area contributed by atoms with Gasteiger partial charge in [0, 0.05) is 11.9 Å². The number of hydrogen-bond acceptors (Lipinski definition) is 3. The summed E-state index contributed by atoms with van der Waals surface area (Å²) >= 11 is 0. The molecule has 1 atom stereocenters. The van der Waals surface area contributed by atoms with Crippen molar-refractivity contribution in [3.63, 3.8) is 0 Å². The Morgan fingerprint density at radius 1 is 1.39 bits per heavy atom. The standard InChI is InChI=1S/C14H20N4/c1-2-17-8-4-3-5-13(17)14-16-9-12-7-6-11(15)10-18(12)14/h6-7,9-10,13H,2-5,8,15H2,1H3. The Morgan fingerprint density at radius 3 is 3.11 bits per heavy atom. The van der Waals surface area contributed by atoms with Crippen molar-refractivity contribution in [1.82, 2.24) is 14.3 Å². The fraction of sp³-hybridized carbons (Fsp3) is 0.500. The number of pyridine rings is 1. The van der Waals surface area contributed by atoms with Gasteiger partial charge in [0.15, 0.2) is 0 Å². The summed E-state index contributed by atoms with van der Waals surface area (Å²) in [5.41, 5.74) is 7.80. The third-order valence-corrected chi connectivity index (χ3v) is 3.90. The van der Waals surface area contributed by atoms with Crippen molar-refractivity contribution in [2.75, 3.05) is 18.8 Å². The molecule has 0 aromatic carbocycles. The van der Waals surface area contributed by atoms with E-state index in [1.165, 1.54) is 25.8 Å². The van der Waals surface area contributed by atoms with E-state index in [2.05, 4.69) is 21.2 Å². The van der Waals surface area contributed by atoms with Gasteiger partial charge in [0.2, 0.25) is 0 Å². The van der Waals surface area contributed by atoms with Crippen molar-refractivity contribution in [3.05, 3.63) is 30.4 Å². The number of likely N-dealkylation sites (tertiary alicyclic amines) is 1. The molecule has 0 radical (unpaired) electrons. The van der Waals surface area contributed by atoms with E-state index in [0.29, 0.717) is 6.04 Å². The molecule has 0 aliphatic carbocycles. The summed E-state index contributed by atoms with van der Waals surface area (Å²) in [5.74, 6) is 1.14. The van der Waals surface area contributed by atoms with E-state index in [1.807, 2.05) is 24.5 Å². The lowest BCUT2D eigenvalue weighted by molar-refractivity contribution is 0.149. The number of fused-ring (bicyclic) bond motifs is 1. The zero-order chi connectivity index (χ0) is 12.5. The number of rotatable bonds is 2. The largest absolute Gasteiger partial charge is 0.398 e. The first-order valence-electron chi connectivity index (χ1n) is 6.76. The first-order valence-corrected chi connectivity index (χ1v) is 6.76. The van der Waals surface area contributed by atoms with E-state index in [1.54, 1.807) is 0 Å². The molecule has 1 saturated heterocycles. The molecule has 3 heterocycles. The van der Waals surface area contributed by atoms with E-state index in [0.717, 1.165) is 23.6 Å². The van der Waals surface area contributed by atoms with Crippen LogP contribution in [0.2, 0.25) is 0 Å². The molecule has 0 spiro atoms. The van der Waals surface area contributed by atoms with Gasteiger partial charge in [-0.2, -0.15) is 0 Å². The van der Waals surface area contributed by atoms with E-state index in [9.17, 15) is 0 Å². The minimum atomic E-state index is 0.438. The number of nitrogens with zero attached hydrogens (tertiary/aromatic N) is 3. The third kappa shape index (κ3) is 1.86. The van der Waals surface area contributed by atoms with Crippen molar-refractivity contribution in [1.29, 1.82) is 0 Å². The Morgan fingerprint density at radius 2 is 2.28 bits per heavy atom. The van der Waals surface area contributed by atoms with Gasteiger partial charge in [-0.05, 0) is 38.1 Å². The average molecular weight is 244 g/mol. The maximum absolute atomic E-state index is 5.89. The van der Waals surface area contributed by atoms with Gasteiger partial charge in [-0.1, -0.05) is 13.3 Å². The van der Waals surface area contributed by atoms with Crippen LogP contribution < -0.4 is 5.73 Å². The van der Waals surface area contributed by atoms with Crippen LogP contribution in [0.15, 0.2) is 24.5 Å². The summed E-state index contributed by atoms with van der Waals surface area (Å²) < 4.78 is 2.15. The lowest BCUT2D eigenvalue weighted by Crippen LogP contribution is -2.34. The monoisotopic (exact) mass is 244 g/mol. The fourth-order valence-corrected chi connectivity index (χ4v) is 2.94. The first-order chi connectivity index (χ1) is 8.79. The highest BCUT2D eigenvalue weighted by Gasteiger charge is 2.25. The topological polar surface area (TPSA) is 46.6 Å². The molecular weight excluding hydrogens is 224 g/mol. The van der Waals surface area contributed by atoms with Crippen LogP contribution in [0.5, 0.6) is 0 Å². The summed E-state index contributed by atoms with van der Waals surface area (Å²) in [6, 6.07) is 4.40. The summed E-state index contributed by atoms with van der Waals surface area (Å²) in [5, 5.41) is 0. The quantitative estimate of drug-likeness (QED) is 0.882. The van der Waals surface area contributed by atoms with E-state index < -0.39 is 0 Å². The Bertz CT molecular complexity index is 546. The van der Waals surface area contributed by atoms with E-state index in [-0.39, 0.29) is 0 Å². The first kappa shape index (κ1) is 11.5. The van der Waals surface area contributed by atoms with Gasteiger partial charge in [-0.3, -0.25) is 4.90 Å². The maximum Gasteiger partial charge on any atom is 0.130 e. The zero-order valence-electron chi connectivity index (χ0n) is 10.8. The highest BCUT2D eigenvalue weighted by atomic mass is 15.2. The van der Waals surface area contributed by atoms with Gasteiger partial charge in [0.1, 0.15) is 5.82 Å². The molecule has 4 nitrogen and oxygen atoms in total. The summed E-state index contributed by atoms with van der Waals surface area (Å²) in [6.07, 6.45) is 7.72. The molecule has 18 heavy (non-hydrogen) atoms. The Labute approximate surface area is 107 Å². The lowest BCUT2D eigenvalue weighted by Gasteiger charge is -2.33. The van der Waals surface area contributed by atoms with Crippen LogP contribution in [-0.2, 0) is 0 Å². The van der Waals surface area contributed by atoms with E-state index in [4.69, 9.17) is 5.73 Å². The molecule has 1 aliphatic rings. The van der Waals surface area contributed by atoms with Gasteiger partial charge >= 0.3 is 0 Å². The molecule has 2 aromatic heterocycles. The van der Waals surface area contributed by atoms with Gasteiger partial charge in [0.25, 0.3) is 0 Å². The second kappa shape index (κ2) is 4.61. The van der Waals surface area contributed by atoms with Crippen LogP contribution in [-0.4, -0.2) is 27.4 Å².